The van der Waals surface area contributed by atoms with E-state index in [0.29, 0.717) is 60.2 Å². The van der Waals surface area contributed by atoms with E-state index in [1.807, 2.05) is 26.0 Å². The van der Waals surface area contributed by atoms with E-state index in [0.717, 1.165) is 5.56 Å². The third-order valence-corrected chi connectivity index (χ3v) is 5.92. The molecule has 2 aromatic carbocycles. The highest BCUT2D eigenvalue weighted by Gasteiger charge is 2.29. The van der Waals surface area contributed by atoms with Gasteiger partial charge >= 0.3 is 5.97 Å². The summed E-state index contributed by atoms with van der Waals surface area (Å²) in [5.74, 6) is 0.0529. The number of halogens is 1. The number of benzene rings is 2. The zero-order chi connectivity index (χ0) is 25.7. The van der Waals surface area contributed by atoms with Gasteiger partial charge in [0.05, 0.1) is 23.7 Å². The van der Waals surface area contributed by atoms with Crippen molar-refractivity contribution in [3.05, 3.63) is 76.4 Å². The number of carbonyl (C=O) groups is 2. The Labute approximate surface area is 214 Å². The standard InChI is InChI=1S/C27H27ClN2O6/c1-16(2)35-26-18(4-3-11-30-26)9-12-29-25(31)17-5-7-19(8-6-17)36-24-15-23-21(14-22(24)28)20(27(32)33)10-13-34-23/h3-8,11,14-16,20H,9-10,12-13H2,1-2H3,(H,29,31)(H,32,33). The van der Waals surface area contributed by atoms with Crippen molar-refractivity contribution < 1.29 is 28.9 Å². The molecule has 4 rings (SSSR count). The van der Waals surface area contributed by atoms with Crippen molar-refractivity contribution in [3.63, 3.8) is 0 Å². The Bertz CT molecular complexity index is 1250. The van der Waals surface area contributed by atoms with E-state index < -0.39 is 11.9 Å². The topological polar surface area (TPSA) is 107 Å². The van der Waals surface area contributed by atoms with Gasteiger partial charge in [-0.05, 0) is 63.1 Å². The number of hydrogen-bond donors (Lipinski definition) is 2. The molecule has 1 amide bonds. The molecule has 0 bridgehead atoms. The van der Waals surface area contributed by atoms with Gasteiger partial charge in [0.15, 0.2) is 0 Å². The highest BCUT2D eigenvalue weighted by Crippen LogP contribution is 2.41. The molecule has 188 valence electrons. The third-order valence-electron chi connectivity index (χ3n) is 5.62. The van der Waals surface area contributed by atoms with Gasteiger partial charge in [-0.15, -0.1) is 0 Å². The van der Waals surface area contributed by atoms with Crippen LogP contribution in [0, 0.1) is 0 Å². The van der Waals surface area contributed by atoms with Crippen molar-refractivity contribution in [1.82, 2.24) is 10.3 Å². The first-order chi connectivity index (χ1) is 17.3. The molecule has 1 atom stereocenters. The monoisotopic (exact) mass is 510 g/mol. The molecule has 3 aromatic rings. The highest BCUT2D eigenvalue weighted by atomic mass is 35.5. The lowest BCUT2D eigenvalue weighted by atomic mass is 9.93. The number of carboxylic acid groups (broad SMARTS) is 1. The minimum Gasteiger partial charge on any atom is -0.493 e. The van der Waals surface area contributed by atoms with Crippen molar-refractivity contribution in [2.75, 3.05) is 13.2 Å². The zero-order valence-electron chi connectivity index (χ0n) is 20.0. The first kappa shape index (κ1) is 25.3. The zero-order valence-corrected chi connectivity index (χ0v) is 20.7. The van der Waals surface area contributed by atoms with Gasteiger partial charge in [-0.1, -0.05) is 17.7 Å². The Kier molecular flexibility index (Phi) is 7.95. The van der Waals surface area contributed by atoms with Gasteiger partial charge in [0.1, 0.15) is 17.2 Å². The quantitative estimate of drug-likeness (QED) is 0.405. The predicted molar refractivity (Wildman–Crippen MR) is 134 cm³/mol. The third kappa shape index (κ3) is 6.07. The smallest absolute Gasteiger partial charge is 0.311 e. The average molecular weight is 511 g/mol. The molecule has 0 fully saturated rings. The molecular weight excluding hydrogens is 484 g/mol. The number of rotatable bonds is 9. The van der Waals surface area contributed by atoms with Crippen LogP contribution in [0.2, 0.25) is 5.02 Å². The Balaban J connectivity index is 1.36. The molecule has 0 saturated heterocycles. The second-order valence-corrected chi connectivity index (χ2v) is 9.02. The van der Waals surface area contributed by atoms with E-state index in [9.17, 15) is 14.7 Å². The highest BCUT2D eigenvalue weighted by molar-refractivity contribution is 6.32. The summed E-state index contributed by atoms with van der Waals surface area (Å²) < 4.78 is 17.2. The molecule has 1 aliphatic rings. The maximum Gasteiger partial charge on any atom is 0.311 e. The van der Waals surface area contributed by atoms with Crippen LogP contribution in [0.4, 0.5) is 0 Å². The van der Waals surface area contributed by atoms with Gasteiger partial charge in [-0.25, -0.2) is 4.98 Å². The lowest BCUT2D eigenvalue weighted by Gasteiger charge is -2.24. The Morgan fingerprint density at radius 1 is 1.22 bits per heavy atom. The normalized spacial score (nSPS) is 14.5. The Hall–Kier alpha value is -3.78. The van der Waals surface area contributed by atoms with Crippen LogP contribution >= 0.6 is 11.6 Å². The van der Waals surface area contributed by atoms with Crippen molar-refractivity contribution in [2.24, 2.45) is 0 Å². The van der Waals surface area contributed by atoms with Crippen molar-refractivity contribution in [3.8, 4) is 23.1 Å². The molecule has 0 spiro atoms. The average Bonchev–Trinajstić information content (AvgIpc) is 2.85. The fraction of sp³-hybridized carbons (Fsp3) is 0.296. The summed E-state index contributed by atoms with van der Waals surface area (Å²) in [5, 5.41) is 12.6. The van der Waals surface area contributed by atoms with Gasteiger partial charge in [0.2, 0.25) is 5.88 Å². The molecular formula is C27H27ClN2O6. The SMILES string of the molecule is CC(C)Oc1ncccc1CCNC(=O)c1ccc(Oc2cc3c(cc2Cl)C(C(=O)O)CCO3)cc1. The minimum atomic E-state index is -0.914. The van der Waals surface area contributed by atoms with Gasteiger partial charge in [-0.2, -0.15) is 0 Å². The maximum atomic E-state index is 12.6. The van der Waals surface area contributed by atoms with Crippen LogP contribution in [0.5, 0.6) is 23.1 Å². The van der Waals surface area contributed by atoms with E-state index in [-0.39, 0.29) is 17.0 Å². The predicted octanol–water partition coefficient (Wildman–Crippen LogP) is 5.24. The van der Waals surface area contributed by atoms with Crippen molar-refractivity contribution in [1.29, 1.82) is 0 Å². The van der Waals surface area contributed by atoms with E-state index in [1.54, 1.807) is 42.6 Å². The second-order valence-electron chi connectivity index (χ2n) is 8.62. The summed E-state index contributed by atoms with van der Waals surface area (Å²) in [6, 6.07) is 13.6. The summed E-state index contributed by atoms with van der Waals surface area (Å²) in [4.78, 5) is 28.4. The number of aliphatic carboxylic acids is 1. The van der Waals surface area contributed by atoms with E-state index >= 15 is 0 Å². The van der Waals surface area contributed by atoms with Crippen LogP contribution in [0.25, 0.3) is 0 Å². The second kappa shape index (κ2) is 11.3. The number of amides is 1. The van der Waals surface area contributed by atoms with Crippen LogP contribution in [0.3, 0.4) is 0 Å². The number of aromatic nitrogens is 1. The number of fused-ring (bicyclic) bond motifs is 1. The van der Waals surface area contributed by atoms with E-state index in [2.05, 4.69) is 10.3 Å². The summed E-state index contributed by atoms with van der Waals surface area (Å²) in [7, 11) is 0. The molecule has 2 heterocycles. The van der Waals surface area contributed by atoms with Gasteiger partial charge in [-0.3, -0.25) is 9.59 Å². The molecule has 2 N–H and O–H groups in total. The van der Waals surface area contributed by atoms with Gasteiger partial charge < -0.3 is 24.6 Å². The van der Waals surface area contributed by atoms with Crippen LogP contribution in [-0.4, -0.2) is 41.2 Å². The molecule has 1 aliphatic heterocycles. The minimum absolute atomic E-state index is 0.0133. The number of ether oxygens (including phenoxy) is 3. The van der Waals surface area contributed by atoms with Gasteiger partial charge in [0, 0.05) is 35.5 Å². The first-order valence-corrected chi connectivity index (χ1v) is 12.1. The number of nitrogens with one attached hydrogen (secondary N) is 1. The Morgan fingerprint density at radius 3 is 2.72 bits per heavy atom. The van der Waals surface area contributed by atoms with Crippen LogP contribution in [0.15, 0.2) is 54.7 Å². The molecule has 1 aromatic heterocycles. The lowest BCUT2D eigenvalue weighted by molar-refractivity contribution is -0.139. The molecule has 36 heavy (non-hydrogen) atoms. The van der Waals surface area contributed by atoms with Gasteiger partial charge in [0.25, 0.3) is 5.91 Å². The molecule has 0 saturated carbocycles. The number of carboxylic acids is 1. The molecule has 1 unspecified atom stereocenters. The number of nitrogens with zero attached hydrogens (tertiary/aromatic N) is 1. The molecule has 0 radical (unpaired) electrons. The number of pyridine rings is 1. The largest absolute Gasteiger partial charge is 0.493 e. The summed E-state index contributed by atoms with van der Waals surface area (Å²) in [6.07, 6.45) is 2.67. The first-order valence-electron chi connectivity index (χ1n) is 11.7. The van der Waals surface area contributed by atoms with Crippen LogP contribution in [0.1, 0.15) is 47.7 Å². The van der Waals surface area contributed by atoms with Crippen molar-refractivity contribution in [2.45, 2.75) is 38.7 Å². The summed E-state index contributed by atoms with van der Waals surface area (Å²) >= 11 is 6.36. The van der Waals surface area contributed by atoms with Crippen LogP contribution in [-0.2, 0) is 11.2 Å². The van der Waals surface area contributed by atoms with E-state index in [4.69, 9.17) is 25.8 Å². The number of carbonyl (C=O) groups excluding carboxylic acids is 1. The van der Waals surface area contributed by atoms with Crippen molar-refractivity contribution >= 4 is 23.5 Å². The van der Waals surface area contributed by atoms with E-state index in [1.165, 1.54) is 0 Å². The summed E-state index contributed by atoms with van der Waals surface area (Å²) in [5.41, 5.74) is 1.94. The lowest BCUT2D eigenvalue weighted by Crippen LogP contribution is -2.25. The Morgan fingerprint density at radius 2 is 2.00 bits per heavy atom. The maximum absolute atomic E-state index is 12.6. The fourth-order valence-corrected chi connectivity index (χ4v) is 4.09. The summed E-state index contributed by atoms with van der Waals surface area (Å²) in [6.45, 7) is 4.62. The fourth-order valence-electron chi connectivity index (χ4n) is 3.88. The molecule has 9 heteroatoms. The van der Waals surface area contributed by atoms with Crippen LogP contribution < -0.4 is 19.5 Å². The molecule has 8 nitrogen and oxygen atoms in total. The molecule has 0 aliphatic carbocycles. The number of hydrogen-bond acceptors (Lipinski definition) is 6.